The van der Waals surface area contributed by atoms with Gasteiger partial charge >= 0.3 is 0 Å². The van der Waals surface area contributed by atoms with Crippen molar-refractivity contribution in [2.24, 2.45) is 5.73 Å². The maximum absolute atomic E-state index is 12.4. The molecule has 1 saturated heterocycles. The van der Waals surface area contributed by atoms with E-state index in [1.807, 2.05) is 37.3 Å². The van der Waals surface area contributed by atoms with Crippen molar-refractivity contribution in [1.29, 1.82) is 0 Å². The molecule has 0 bridgehead atoms. The van der Waals surface area contributed by atoms with Crippen molar-refractivity contribution in [2.75, 3.05) is 25.5 Å². The van der Waals surface area contributed by atoms with Gasteiger partial charge in [-0.25, -0.2) is 8.42 Å². The molecule has 1 heterocycles. The van der Waals surface area contributed by atoms with Gasteiger partial charge in [0.25, 0.3) is 0 Å². The summed E-state index contributed by atoms with van der Waals surface area (Å²) < 4.78 is 31.3. The molecule has 2 N–H and O–H groups in total. The molecule has 0 amide bonds. The van der Waals surface area contributed by atoms with Crippen LogP contribution in [0.1, 0.15) is 18.4 Å². The Balaban J connectivity index is 2.08. The smallest absolute Gasteiger partial charge is 0.216 e. The van der Waals surface area contributed by atoms with Crippen LogP contribution >= 0.6 is 0 Å². The van der Waals surface area contributed by atoms with E-state index in [1.165, 1.54) is 4.31 Å². The maximum Gasteiger partial charge on any atom is 0.216 e. The number of nitrogens with two attached hydrogens (primary N) is 1. The molecule has 0 aliphatic carbocycles. The third-order valence-electron chi connectivity index (χ3n) is 3.30. The monoisotopic (exact) mass is 284 g/mol. The highest BCUT2D eigenvalue weighted by Crippen LogP contribution is 2.20. The molecule has 0 aromatic heterocycles. The fourth-order valence-corrected chi connectivity index (χ4v) is 4.08. The standard InChI is InChI=1S/C13H20N2O3S/c1-11(12-5-3-2-4-6-12)10-19(16,17)15-7-8-18-9-13(15)14/h2-6,11,13H,7-10,14H2,1H3. The molecule has 19 heavy (non-hydrogen) atoms. The lowest BCUT2D eigenvalue weighted by molar-refractivity contribution is 0.0349. The van der Waals surface area contributed by atoms with E-state index in [1.54, 1.807) is 0 Å². The first-order chi connectivity index (χ1) is 9.00. The second-order valence-corrected chi connectivity index (χ2v) is 6.81. The first kappa shape index (κ1) is 14.5. The van der Waals surface area contributed by atoms with Crippen molar-refractivity contribution in [3.8, 4) is 0 Å². The summed E-state index contributed by atoms with van der Waals surface area (Å²) in [7, 11) is -3.35. The minimum Gasteiger partial charge on any atom is -0.377 e. The quantitative estimate of drug-likeness (QED) is 0.885. The number of nitrogens with zero attached hydrogens (tertiary/aromatic N) is 1. The van der Waals surface area contributed by atoms with Gasteiger partial charge in [0.1, 0.15) is 0 Å². The second-order valence-electron chi connectivity index (χ2n) is 4.84. The first-order valence-corrected chi connectivity index (χ1v) is 7.99. The number of ether oxygens (including phenoxy) is 1. The number of sulfonamides is 1. The predicted octanol–water partition coefficient (Wildman–Crippen LogP) is 0.737. The molecule has 1 aliphatic rings. The van der Waals surface area contributed by atoms with Crippen LogP contribution < -0.4 is 5.73 Å². The lowest BCUT2D eigenvalue weighted by Gasteiger charge is -2.32. The summed E-state index contributed by atoms with van der Waals surface area (Å²) >= 11 is 0. The van der Waals surface area contributed by atoms with Crippen molar-refractivity contribution < 1.29 is 13.2 Å². The van der Waals surface area contributed by atoms with Gasteiger partial charge in [0.05, 0.1) is 25.1 Å². The molecule has 5 nitrogen and oxygen atoms in total. The largest absolute Gasteiger partial charge is 0.377 e. The highest BCUT2D eigenvalue weighted by Gasteiger charge is 2.31. The average Bonchev–Trinajstić information content (AvgIpc) is 2.39. The maximum atomic E-state index is 12.4. The highest BCUT2D eigenvalue weighted by atomic mass is 32.2. The molecule has 0 saturated carbocycles. The van der Waals surface area contributed by atoms with Crippen LogP contribution in [0.5, 0.6) is 0 Å². The van der Waals surface area contributed by atoms with Crippen molar-refractivity contribution >= 4 is 10.0 Å². The van der Waals surface area contributed by atoms with E-state index in [9.17, 15) is 8.42 Å². The molecular weight excluding hydrogens is 264 g/mol. The van der Waals surface area contributed by atoms with E-state index in [2.05, 4.69) is 0 Å². The van der Waals surface area contributed by atoms with E-state index in [0.29, 0.717) is 13.2 Å². The van der Waals surface area contributed by atoms with Crippen molar-refractivity contribution in [3.05, 3.63) is 35.9 Å². The Morgan fingerprint density at radius 2 is 2.11 bits per heavy atom. The van der Waals surface area contributed by atoms with Crippen LogP contribution in [-0.2, 0) is 14.8 Å². The van der Waals surface area contributed by atoms with Crippen molar-refractivity contribution in [1.82, 2.24) is 4.31 Å². The SMILES string of the molecule is CC(CS(=O)(=O)N1CCOCC1N)c1ccccc1. The second kappa shape index (κ2) is 6.00. The molecule has 106 valence electrons. The van der Waals surface area contributed by atoms with E-state index in [-0.39, 0.29) is 18.3 Å². The van der Waals surface area contributed by atoms with Crippen LogP contribution in [0.3, 0.4) is 0 Å². The van der Waals surface area contributed by atoms with Gasteiger partial charge in [0.15, 0.2) is 0 Å². The van der Waals surface area contributed by atoms with E-state index in [4.69, 9.17) is 10.5 Å². The molecule has 1 aliphatic heterocycles. The lowest BCUT2D eigenvalue weighted by Crippen LogP contribution is -2.54. The summed E-state index contributed by atoms with van der Waals surface area (Å²) in [5, 5.41) is 0. The number of benzene rings is 1. The van der Waals surface area contributed by atoms with Gasteiger partial charge in [0, 0.05) is 6.54 Å². The van der Waals surface area contributed by atoms with Gasteiger partial charge in [0.2, 0.25) is 10.0 Å². The minimum absolute atomic E-state index is 0.0544. The van der Waals surface area contributed by atoms with E-state index >= 15 is 0 Å². The zero-order valence-corrected chi connectivity index (χ0v) is 11.8. The zero-order chi connectivity index (χ0) is 13.9. The molecule has 1 aromatic rings. The van der Waals surface area contributed by atoms with Crippen molar-refractivity contribution in [3.63, 3.8) is 0 Å². The fourth-order valence-electron chi connectivity index (χ4n) is 2.24. The Hall–Kier alpha value is -0.950. The number of hydrogen-bond acceptors (Lipinski definition) is 4. The molecule has 6 heteroatoms. The van der Waals surface area contributed by atoms with Gasteiger partial charge in [-0.2, -0.15) is 4.31 Å². The third-order valence-corrected chi connectivity index (χ3v) is 5.39. The zero-order valence-electron chi connectivity index (χ0n) is 11.0. The van der Waals surface area contributed by atoms with Crippen molar-refractivity contribution in [2.45, 2.75) is 19.0 Å². The van der Waals surface area contributed by atoms with Gasteiger partial charge in [-0.15, -0.1) is 0 Å². The molecule has 2 atom stereocenters. The Bertz CT molecular complexity index is 504. The average molecular weight is 284 g/mol. The normalized spacial score (nSPS) is 23.2. The fraction of sp³-hybridized carbons (Fsp3) is 0.538. The van der Waals surface area contributed by atoms with Gasteiger partial charge in [-0.05, 0) is 11.5 Å². The molecule has 2 rings (SSSR count). The number of rotatable bonds is 4. The summed E-state index contributed by atoms with van der Waals surface area (Å²) in [6, 6.07) is 9.64. The first-order valence-electron chi connectivity index (χ1n) is 6.38. The molecular formula is C13H20N2O3S. The highest BCUT2D eigenvalue weighted by molar-refractivity contribution is 7.89. The van der Waals surface area contributed by atoms with Crippen LogP contribution in [0.2, 0.25) is 0 Å². The number of hydrogen-bond donors (Lipinski definition) is 1. The van der Waals surface area contributed by atoms with Crippen LogP contribution in [0.15, 0.2) is 30.3 Å². The van der Waals surface area contributed by atoms with Gasteiger partial charge in [-0.1, -0.05) is 37.3 Å². The Kier molecular flexibility index (Phi) is 4.57. The Labute approximate surface area is 114 Å². The van der Waals surface area contributed by atoms with Crippen LogP contribution in [0.25, 0.3) is 0 Å². The molecule has 1 fully saturated rings. The van der Waals surface area contributed by atoms with Crippen LogP contribution in [0.4, 0.5) is 0 Å². The third kappa shape index (κ3) is 3.54. The van der Waals surface area contributed by atoms with E-state index < -0.39 is 16.2 Å². The summed E-state index contributed by atoms with van der Waals surface area (Å²) in [5.74, 6) is 0.0197. The minimum atomic E-state index is -3.35. The number of morpholine rings is 1. The van der Waals surface area contributed by atoms with Gasteiger partial charge < -0.3 is 10.5 Å². The van der Waals surface area contributed by atoms with E-state index in [0.717, 1.165) is 5.56 Å². The molecule has 1 aromatic carbocycles. The Morgan fingerprint density at radius 3 is 2.74 bits per heavy atom. The van der Waals surface area contributed by atoms with Crippen LogP contribution in [0, 0.1) is 0 Å². The summed E-state index contributed by atoms with van der Waals surface area (Å²) in [4.78, 5) is 0. The topological polar surface area (TPSA) is 72.6 Å². The Morgan fingerprint density at radius 1 is 1.42 bits per heavy atom. The lowest BCUT2D eigenvalue weighted by atomic mass is 10.0. The predicted molar refractivity (Wildman–Crippen MR) is 74.1 cm³/mol. The molecule has 2 unspecified atom stereocenters. The van der Waals surface area contributed by atoms with Crippen LogP contribution in [-0.4, -0.2) is 44.4 Å². The van der Waals surface area contributed by atoms with Gasteiger partial charge in [-0.3, -0.25) is 0 Å². The summed E-state index contributed by atoms with van der Waals surface area (Å²) in [6.45, 7) is 2.93. The molecule has 0 spiro atoms. The molecule has 0 radical (unpaired) electrons. The summed E-state index contributed by atoms with van der Waals surface area (Å²) in [5.41, 5.74) is 6.82. The summed E-state index contributed by atoms with van der Waals surface area (Å²) in [6.07, 6.45) is -0.568.